The van der Waals surface area contributed by atoms with E-state index in [2.05, 4.69) is 62.1 Å². The number of hydrogen-bond acceptors (Lipinski definition) is 2. The summed E-state index contributed by atoms with van der Waals surface area (Å²) < 4.78 is 3.39. The van der Waals surface area contributed by atoms with E-state index in [9.17, 15) is 0 Å². The van der Waals surface area contributed by atoms with Gasteiger partial charge in [0.2, 0.25) is 0 Å². The number of aromatic nitrogens is 2. The maximum atomic E-state index is 4.42. The number of imidazole rings is 1. The van der Waals surface area contributed by atoms with Crippen LogP contribution < -0.4 is 5.32 Å². The molecule has 3 nitrogen and oxygen atoms in total. The van der Waals surface area contributed by atoms with E-state index >= 15 is 0 Å². The van der Waals surface area contributed by atoms with Crippen LogP contribution >= 0.6 is 15.9 Å². The topological polar surface area (TPSA) is 29.9 Å². The van der Waals surface area contributed by atoms with Crippen molar-refractivity contribution in [2.75, 3.05) is 7.05 Å². The van der Waals surface area contributed by atoms with E-state index in [-0.39, 0.29) is 0 Å². The lowest BCUT2D eigenvalue weighted by atomic mass is 10.1. The standard InChI is InChI=1S/C15H20BrN3/c1-3-4-15-18-7-8-19(15)11-13-6-5-12(10-17-2)9-14(13)16/h5-9,17H,3-4,10-11H2,1-2H3. The summed E-state index contributed by atoms with van der Waals surface area (Å²) in [4.78, 5) is 4.42. The number of nitrogens with one attached hydrogen (secondary N) is 1. The van der Waals surface area contributed by atoms with Crippen LogP contribution in [0.2, 0.25) is 0 Å². The fourth-order valence-electron chi connectivity index (χ4n) is 2.15. The van der Waals surface area contributed by atoms with Gasteiger partial charge in [0, 0.05) is 36.4 Å². The van der Waals surface area contributed by atoms with Gasteiger partial charge < -0.3 is 9.88 Å². The number of rotatable bonds is 6. The highest BCUT2D eigenvalue weighted by atomic mass is 79.9. The minimum atomic E-state index is 0.871. The first-order valence-electron chi connectivity index (χ1n) is 6.66. The van der Waals surface area contributed by atoms with Gasteiger partial charge in [-0.1, -0.05) is 35.0 Å². The maximum absolute atomic E-state index is 4.42. The molecule has 1 aromatic heterocycles. The van der Waals surface area contributed by atoms with Crippen molar-refractivity contribution in [3.8, 4) is 0 Å². The van der Waals surface area contributed by atoms with Crippen LogP contribution in [0.3, 0.4) is 0 Å². The van der Waals surface area contributed by atoms with E-state index in [4.69, 9.17) is 0 Å². The van der Waals surface area contributed by atoms with Gasteiger partial charge in [0.15, 0.2) is 0 Å². The number of benzene rings is 1. The summed E-state index contributed by atoms with van der Waals surface area (Å²) >= 11 is 3.66. The molecule has 102 valence electrons. The maximum Gasteiger partial charge on any atom is 0.108 e. The van der Waals surface area contributed by atoms with Crippen molar-refractivity contribution in [2.24, 2.45) is 0 Å². The second kappa shape index (κ2) is 6.87. The molecule has 0 aliphatic carbocycles. The first-order chi connectivity index (χ1) is 9.24. The van der Waals surface area contributed by atoms with Gasteiger partial charge in [-0.25, -0.2) is 4.98 Å². The molecule has 2 aromatic rings. The number of hydrogen-bond donors (Lipinski definition) is 1. The van der Waals surface area contributed by atoms with Gasteiger partial charge in [-0.3, -0.25) is 0 Å². The highest BCUT2D eigenvalue weighted by molar-refractivity contribution is 9.10. The fraction of sp³-hybridized carbons (Fsp3) is 0.400. The summed E-state index contributed by atoms with van der Waals surface area (Å²) in [6.45, 7) is 3.95. The summed E-state index contributed by atoms with van der Waals surface area (Å²) in [5.41, 5.74) is 2.58. The first-order valence-corrected chi connectivity index (χ1v) is 7.45. The SMILES string of the molecule is CCCc1nccn1Cc1ccc(CNC)cc1Br. The molecule has 0 radical (unpaired) electrons. The molecule has 2 rings (SSSR count). The first kappa shape index (κ1) is 14.3. The van der Waals surface area contributed by atoms with Crippen LogP contribution in [0, 0.1) is 0 Å². The van der Waals surface area contributed by atoms with Crippen LogP contribution in [0.4, 0.5) is 0 Å². The monoisotopic (exact) mass is 321 g/mol. The number of aryl methyl sites for hydroxylation is 1. The Labute approximate surface area is 123 Å². The van der Waals surface area contributed by atoms with E-state index < -0.39 is 0 Å². The highest BCUT2D eigenvalue weighted by Crippen LogP contribution is 2.20. The molecule has 0 aliphatic rings. The van der Waals surface area contributed by atoms with Crippen LogP contribution in [-0.2, 0) is 19.5 Å². The minimum Gasteiger partial charge on any atom is -0.330 e. The predicted octanol–water partition coefficient (Wildman–Crippen LogP) is 3.37. The smallest absolute Gasteiger partial charge is 0.108 e. The van der Waals surface area contributed by atoms with E-state index in [1.165, 1.54) is 11.1 Å². The summed E-state index contributed by atoms with van der Waals surface area (Å²) in [5, 5.41) is 3.17. The zero-order chi connectivity index (χ0) is 13.7. The van der Waals surface area contributed by atoms with Gasteiger partial charge in [-0.2, -0.15) is 0 Å². The van der Waals surface area contributed by atoms with Crippen molar-refractivity contribution in [1.29, 1.82) is 0 Å². The molecule has 0 aliphatic heterocycles. The van der Waals surface area contributed by atoms with Crippen LogP contribution in [0.5, 0.6) is 0 Å². The van der Waals surface area contributed by atoms with E-state index in [0.717, 1.165) is 36.2 Å². The molecule has 0 amide bonds. The summed E-state index contributed by atoms with van der Waals surface area (Å²) in [5.74, 6) is 1.16. The molecular weight excluding hydrogens is 302 g/mol. The number of halogens is 1. The third-order valence-corrected chi connectivity index (χ3v) is 3.85. The van der Waals surface area contributed by atoms with Crippen LogP contribution in [-0.4, -0.2) is 16.6 Å². The lowest BCUT2D eigenvalue weighted by molar-refractivity contribution is 0.703. The zero-order valence-electron chi connectivity index (χ0n) is 11.5. The van der Waals surface area contributed by atoms with Crippen LogP contribution in [0.25, 0.3) is 0 Å². The molecule has 0 spiro atoms. The Bertz CT molecular complexity index is 534. The molecule has 0 saturated carbocycles. The minimum absolute atomic E-state index is 0.871. The lowest BCUT2D eigenvalue weighted by Gasteiger charge is -2.10. The van der Waals surface area contributed by atoms with Crippen LogP contribution in [0.1, 0.15) is 30.3 Å². The van der Waals surface area contributed by atoms with Crippen molar-refractivity contribution in [3.63, 3.8) is 0 Å². The third kappa shape index (κ3) is 3.67. The Kier molecular flexibility index (Phi) is 5.16. The Morgan fingerprint density at radius 2 is 2.21 bits per heavy atom. The Morgan fingerprint density at radius 3 is 2.89 bits per heavy atom. The molecular formula is C15H20BrN3. The Hall–Kier alpha value is -1.13. The Balaban J connectivity index is 2.16. The number of nitrogens with zero attached hydrogens (tertiary/aromatic N) is 2. The largest absolute Gasteiger partial charge is 0.330 e. The molecule has 4 heteroatoms. The van der Waals surface area contributed by atoms with Crippen molar-refractivity contribution in [1.82, 2.24) is 14.9 Å². The average Bonchev–Trinajstić information content (AvgIpc) is 2.81. The molecule has 0 unspecified atom stereocenters. The molecule has 0 bridgehead atoms. The lowest BCUT2D eigenvalue weighted by Crippen LogP contribution is -2.07. The quantitative estimate of drug-likeness (QED) is 0.884. The molecule has 0 atom stereocenters. The van der Waals surface area contributed by atoms with E-state index in [1.807, 2.05) is 13.2 Å². The summed E-state index contributed by atoms with van der Waals surface area (Å²) in [6, 6.07) is 6.54. The molecule has 0 saturated heterocycles. The molecule has 1 aromatic carbocycles. The van der Waals surface area contributed by atoms with E-state index in [1.54, 1.807) is 0 Å². The predicted molar refractivity (Wildman–Crippen MR) is 82.2 cm³/mol. The van der Waals surface area contributed by atoms with Gasteiger partial charge in [-0.15, -0.1) is 0 Å². The molecule has 1 N–H and O–H groups in total. The fourth-order valence-corrected chi connectivity index (χ4v) is 2.70. The van der Waals surface area contributed by atoms with Crippen molar-refractivity contribution in [2.45, 2.75) is 32.9 Å². The van der Waals surface area contributed by atoms with E-state index in [0.29, 0.717) is 0 Å². The Morgan fingerprint density at radius 1 is 1.37 bits per heavy atom. The van der Waals surface area contributed by atoms with Gasteiger partial charge in [-0.05, 0) is 30.7 Å². The molecule has 1 heterocycles. The van der Waals surface area contributed by atoms with Gasteiger partial charge >= 0.3 is 0 Å². The normalized spacial score (nSPS) is 10.9. The van der Waals surface area contributed by atoms with Gasteiger partial charge in [0.25, 0.3) is 0 Å². The van der Waals surface area contributed by atoms with Gasteiger partial charge in [0.1, 0.15) is 5.82 Å². The van der Waals surface area contributed by atoms with Crippen molar-refractivity contribution < 1.29 is 0 Å². The molecule has 0 fully saturated rings. The van der Waals surface area contributed by atoms with Crippen molar-refractivity contribution >= 4 is 15.9 Å². The summed E-state index contributed by atoms with van der Waals surface area (Å²) in [6.07, 6.45) is 6.09. The third-order valence-electron chi connectivity index (χ3n) is 3.11. The summed E-state index contributed by atoms with van der Waals surface area (Å²) in [7, 11) is 1.96. The second-order valence-electron chi connectivity index (χ2n) is 4.68. The second-order valence-corrected chi connectivity index (χ2v) is 5.53. The average molecular weight is 322 g/mol. The van der Waals surface area contributed by atoms with Gasteiger partial charge in [0.05, 0.1) is 0 Å². The zero-order valence-corrected chi connectivity index (χ0v) is 13.1. The van der Waals surface area contributed by atoms with Crippen LogP contribution in [0.15, 0.2) is 35.1 Å². The highest BCUT2D eigenvalue weighted by Gasteiger charge is 2.06. The van der Waals surface area contributed by atoms with Crippen molar-refractivity contribution in [3.05, 3.63) is 52.0 Å². The molecule has 19 heavy (non-hydrogen) atoms.